The number of ether oxygens (including phenoxy) is 1. The Morgan fingerprint density at radius 3 is 2.60 bits per heavy atom. The molecule has 0 saturated carbocycles. The Hall–Kier alpha value is -2.03. The summed E-state index contributed by atoms with van der Waals surface area (Å²) in [6.07, 6.45) is 4.82. The van der Waals surface area contributed by atoms with Gasteiger partial charge in [-0.05, 0) is 66.6 Å². The van der Waals surface area contributed by atoms with Crippen molar-refractivity contribution in [3.8, 4) is 5.75 Å². The van der Waals surface area contributed by atoms with Crippen LogP contribution in [0.1, 0.15) is 29.5 Å². The molecule has 2 aromatic carbocycles. The van der Waals surface area contributed by atoms with Crippen molar-refractivity contribution in [3.05, 3.63) is 58.9 Å². The molecule has 0 aromatic heterocycles. The van der Waals surface area contributed by atoms with Gasteiger partial charge < -0.3 is 10.5 Å². The number of rotatable bonds is 3. The maximum atomic E-state index is 13.3. The van der Waals surface area contributed by atoms with Crippen LogP contribution in [0.4, 0.5) is 10.1 Å². The largest absolute Gasteiger partial charge is 0.489 e. The van der Waals surface area contributed by atoms with Gasteiger partial charge in [0.15, 0.2) is 0 Å². The second kappa shape index (κ2) is 5.53. The molecule has 3 rings (SSSR count). The molecule has 2 aromatic rings. The zero-order valence-electron chi connectivity index (χ0n) is 11.4. The van der Waals surface area contributed by atoms with Gasteiger partial charge in [-0.2, -0.15) is 0 Å². The Bertz CT molecular complexity index is 624. The molecule has 0 amide bonds. The van der Waals surface area contributed by atoms with Gasteiger partial charge >= 0.3 is 0 Å². The highest BCUT2D eigenvalue weighted by Crippen LogP contribution is 2.26. The average Bonchev–Trinajstić information content (AvgIpc) is 2.48. The smallest absolute Gasteiger partial charge is 0.146 e. The quantitative estimate of drug-likeness (QED) is 0.860. The van der Waals surface area contributed by atoms with E-state index in [0.717, 1.165) is 17.7 Å². The zero-order valence-corrected chi connectivity index (χ0v) is 11.4. The minimum atomic E-state index is -0.392. The summed E-state index contributed by atoms with van der Waals surface area (Å²) in [4.78, 5) is 0. The van der Waals surface area contributed by atoms with Crippen molar-refractivity contribution in [3.63, 3.8) is 0 Å². The predicted octanol–water partition coefficient (Wildman–Crippen LogP) is 3.87. The number of nitrogens with two attached hydrogens (primary N) is 1. The zero-order chi connectivity index (χ0) is 13.9. The molecule has 0 unspecified atom stereocenters. The van der Waals surface area contributed by atoms with Gasteiger partial charge in [0.2, 0.25) is 0 Å². The van der Waals surface area contributed by atoms with Crippen LogP contribution in [-0.2, 0) is 19.4 Å². The molecule has 0 radical (unpaired) electrons. The van der Waals surface area contributed by atoms with Gasteiger partial charge in [0, 0.05) is 0 Å². The van der Waals surface area contributed by atoms with Crippen LogP contribution in [0.15, 0.2) is 36.4 Å². The third-order valence-electron chi connectivity index (χ3n) is 3.79. The first-order valence-corrected chi connectivity index (χ1v) is 7.01. The highest BCUT2D eigenvalue weighted by molar-refractivity contribution is 5.41. The molecule has 1 aliphatic rings. The fourth-order valence-corrected chi connectivity index (χ4v) is 2.63. The molecular weight excluding hydrogens is 253 g/mol. The number of hydrogen-bond acceptors (Lipinski definition) is 2. The molecular formula is C17H18FNO. The maximum Gasteiger partial charge on any atom is 0.146 e. The molecule has 1 aliphatic carbocycles. The number of anilines is 1. The summed E-state index contributed by atoms with van der Waals surface area (Å²) >= 11 is 0. The van der Waals surface area contributed by atoms with Gasteiger partial charge in [0.1, 0.15) is 18.2 Å². The summed E-state index contributed by atoms with van der Waals surface area (Å²) in [6.45, 7) is 0.357. The van der Waals surface area contributed by atoms with Gasteiger partial charge in [-0.1, -0.05) is 12.1 Å². The van der Waals surface area contributed by atoms with Gasteiger partial charge in [0.25, 0.3) is 0 Å². The molecule has 0 spiro atoms. The van der Waals surface area contributed by atoms with E-state index in [1.165, 1.54) is 36.5 Å². The van der Waals surface area contributed by atoms with Crippen molar-refractivity contribution >= 4 is 5.69 Å². The number of hydrogen-bond donors (Lipinski definition) is 1. The maximum absolute atomic E-state index is 13.3. The Morgan fingerprint density at radius 1 is 1.00 bits per heavy atom. The van der Waals surface area contributed by atoms with E-state index in [1.807, 2.05) is 6.07 Å². The van der Waals surface area contributed by atoms with Crippen molar-refractivity contribution in [2.24, 2.45) is 0 Å². The molecule has 20 heavy (non-hydrogen) atoms. The van der Waals surface area contributed by atoms with Gasteiger partial charge in [-0.15, -0.1) is 0 Å². The minimum Gasteiger partial charge on any atom is -0.489 e. The summed E-state index contributed by atoms with van der Waals surface area (Å²) in [7, 11) is 0. The fraction of sp³-hybridized carbons (Fsp3) is 0.294. The van der Waals surface area contributed by atoms with Crippen LogP contribution in [0.2, 0.25) is 0 Å². The van der Waals surface area contributed by atoms with E-state index >= 15 is 0 Å². The monoisotopic (exact) mass is 271 g/mol. The second-order valence-corrected chi connectivity index (χ2v) is 5.28. The van der Waals surface area contributed by atoms with Crippen LogP contribution in [0.3, 0.4) is 0 Å². The molecule has 0 bridgehead atoms. The minimum absolute atomic E-state index is 0.169. The standard InChI is InChI=1S/C17H18FNO/c18-16-9-12(5-8-17(16)19)11-20-15-7-6-13-3-1-2-4-14(13)10-15/h5-10H,1-4,11,19H2. The third-order valence-corrected chi connectivity index (χ3v) is 3.79. The van der Waals surface area contributed by atoms with Crippen LogP contribution >= 0.6 is 0 Å². The summed E-state index contributed by atoms with van der Waals surface area (Å²) < 4.78 is 19.1. The van der Waals surface area contributed by atoms with E-state index in [4.69, 9.17) is 10.5 Å². The number of nitrogen functional groups attached to an aromatic ring is 1. The first-order chi connectivity index (χ1) is 9.72. The molecule has 2 N–H and O–H groups in total. The molecule has 0 aliphatic heterocycles. The van der Waals surface area contributed by atoms with Crippen molar-refractivity contribution in [1.29, 1.82) is 0 Å². The van der Waals surface area contributed by atoms with Crippen LogP contribution in [0, 0.1) is 5.82 Å². The lowest BCUT2D eigenvalue weighted by molar-refractivity contribution is 0.305. The van der Waals surface area contributed by atoms with E-state index in [0.29, 0.717) is 6.61 Å². The number of benzene rings is 2. The number of fused-ring (bicyclic) bond motifs is 1. The lowest BCUT2D eigenvalue weighted by atomic mass is 9.92. The van der Waals surface area contributed by atoms with E-state index in [2.05, 4.69) is 12.1 Å². The molecule has 0 fully saturated rings. The number of halogens is 1. The average molecular weight is 271 g/mol. The number of aryl methyl sites for hydroxylation is 2. The lowest BCUT2D eigenvalue weighted by Crippen LogP contribution is -2.03. The van der Waals surface area contributed by atoms with Gasteiger partial charge in [0.05, 0.1) is 5.69 Å². The SMILES string of the molecule is Nc1ccc(COc2ccc3c(c2)CCCC3)cc1F. The highest BCUT2D eigenvalue weighted by atomic mass is 19.1. The normalized spacial score (nSPS) is 13.8. The fourth-order valence-electron chi connectivity index (χ4n) is 2.63. The molecule has 104 valence electrons. The van der Waals surface area contributed by atoms with Crippen molar-refractivity contribution in [2.45, 2.75) is 32.3 Å². The van der Waals surface area contributed by atoms with Crippen LogP contribution in [-0.4, -0.2) is 0 Å². The topological polar surface area (TPSA) is 35.2 Å². The van der Waals surface area contributed by atoms with E-state index in [9.17, 15) is 4.39 Å². The molecule has 0 atom stereocenters. The Labute approximate surface area is 118 Å². The first-order valence-electron chi connectivity index (χ1n) is 7.01. The first kappa shape index (κ1) is 13.0. The highest BCUT2D eigenvalue weighted by Gasteiger charge is 2.10. The summed E-state index contributed by atoms with van der Waals surface area (Å²) in [5, 5.41) is 0. The van der Waals surface area contributed by atoms with Crippen molar-refractivity contribution in [2.75, 3.05) is 5.73 Å². The second-order valence-electron chi connectivity index (χ2n) is 5.28. The summed E-state index contributed by atoms with van der Waals surface area (Å²) in [5.74, 6) is 0.458. The van der Waals surface area contributed by atoms with Crippen LogP contribution in [0.25, 0.3) is 0 Å². The predicted molar refractivity (Wildman–Crippen MR) is 78.2 cm³/mol. The molecule has 0 heterocycles. The van der Waals surface area contributed by atoms with Gasteiger partial charge in [-0.3, -0.25) is 0 Å². The molecule has 0 saturated heterocycles. The molecule has 3 heteroatoms. The molecule has 2 nitrogen and oxygen atoms in total. The van der Waals surface area contributed by atoms with Crippen LogP contribution in [0.5, 0.6) is 5.75 Å². The summed E-state index contributed by atoms with van der Waals surface area (Å²) in [5.41, 5.74) is 9.23. The lowest BCUT2D eigenvalue weighted by Gasteiger charge is -2.16. The van der Waals surface area contributed by atoms with Crippen molar-refractivity contribution in [1.82, 2.24) is 0 Å². The van der Waals surface area contributed by atoms with Gasteiger partial charge in [-0.25, -0.2) is 4.39 Å². The summed E-state index contributed by atoms with van der Waals surface area (Å²) in [6, 6.07) is 11.0. The van der Waals surface area contributed by atoms with Crippen LogP contribution < -0.4 is 10.5 Å². The Kier molecular flexibility index (Phi) is 3.59. The van der Waals surface area contributed by atoms with E-state index in [1.54, 1.807) is 12.1 Å². The van der Waals surface area contributed by atoms with E-state index < -0.39 is 5.82 Å². The van der Waals surface area contributed by atoms with Crippen molar-refractivity contribution < 1.29 is 9.13 Å². The third kappa shape index (κ3) is 2.77. The van der Waals surface area contributed by atoms with E-state index in [-0.39, 0.29) is 5.69 Å². The Morgan fingerprint density at radius 2 is 1.80 bits per heavy atom. The Balaban J connectivity index is 1.70.